The van der Waals surface area contributed by atoms with E-state index < -0.39 is 0 Å². The maximum absolute atomic E-state index is 13.2. The van der Waals surface area contributed by atoms with Gasteiger partial charge in [0.15, 0.2) is 11.5 Å². The monoisotopic (exact) mass is 428 g/mol. The zero-order valence-corrected chi connectivity index (χ0v) is 18.2. The maximum Gasteiger partial charge on any atom is 0.327 e. The van der Waals surface area contributed by atoms with Gasteiger partial charge in [-0.3, -0.25) is 9.69 Å². The molecule has 0 N–H and O–H groups in total. The first-order chi connectivity index (χ1) is 15.1. The Morgan fingerprint density at radius 2 is 1.97 bits per heavy atom. The molecule has 4 rings (SSSR count). The molecular formula is C22H28N4O5. The molecule has 1 aromatic carbocycles. The van der Waals surface area contributed by atoms with Crippen LogP contribution in [-0.4, -0.2) is 58.7 Å². The van der Waals surface area contributed by atoms with Crippen molar-refractivity contribution in [2.45, 2.75) is 51.6 Å². The number of methoxy groups -OCH3 is 2. The van der Waals surface area contributed by atoms with Crippen LogP contribution in [0.25, 0.3) is 11.4 Å². The van der Waals surface area contributed by atoms with Crippen molar-refractivity contribution in [2.75, 3.05) is 20.8 Å². The number of benzene rings is 1. The summed E-state index contributed by atoms with van der Waals surface area (Å²) in [7, 11) is 3.12. The van der Waals surface area contributed by atoms with Gasteiger partial charge in [-0.05, 0) is 31.4 Å². The number of hydrogen-bond donors (Lipinski definition) is 0. The van der Waals surface area contributed by atoms with E-state index in [-0.39, 0.29) is 30.4 Å². The van der Waals surface area contributed by atoms with Crippen molar-refractivity contribution in [3.05, 3.63) is 24.1 Å². The topological polar surface area (TPSA) is 98.0 Å². The predicted octanol–water partition coefficient (Wildman–Crippen LogP) is 3.49. The van der Waals surface area contributed by atoms with Crippen molar-refractivity contribution < 1.29 is 23.6 Å². The number of imide groups is 1. The maximum atomic E-state index is 13.2. The lowest BCUT2D eigenvalue weighted by Crippen LogP contribution is -2.62. The highest BCUT2D eigenvalue weighted by Gasteiger charge is 2.47. The fourth-order valence-corrected chi connectivity index (χ4v) is 4.62. The molecule has 166 valence electrons. The van der Waals surface area contributed by atoms with Crippen LogP contribution in [-0.2, 0) is 11.3 Å². The number of para-hydroxylation sites is 1. The van der Waals surface area contributed by atoms with Crippen LogP contribution in [0.3, 0.4) is 0 Å². The zero-order chi connectivity index (χ0) is 22.0. The summed E-state index contributed by atoms with van der Waals surface area (Å²) in [6.07, 6.45) is 4.36. The Morgan fingerprint density at radius 3 is 2.71 bits per heavy atom. The van der Waals surface area contributed by atoms with Gasteiger partial charge in [-0.25, -0.2) is 4.79 Å². The van der Waals surface area contributed by atoms with E-state index in [2.05, 4.69) is 10.1 Å². The average molecular weight is 428 g/mol. The molecule has 9 heteroatoms. The number of fused-ring (bicyclic) bond motifs is 1. The van der Waals surface area contributed by atoms with Gasteiger partial charge in [0.2, 0.25) is 17.6 Å². The van der Waals surface area contributed by atoms with Crippen LogP contribution in [0.4, 0.5) is 4.79 Å². The molecule has 31 heavy (non-hydrogen) atoms. The number of rotatable bonds is 7. The lowest BCUT2D eigenvalue weighted by molar-refractivity contribution is -0.141. The first kappa shape index (κ1) is 21.1. The van der Waals surface area contributed by atoms with Crippen LogP contribution >= 0.6 is 0 Å². The molecule has 1 saturated heterocycles. The zero-order valence-electron chi connectivity index (χ0n) is 18.2. The van der Waals surface area contributed by atoms with E-state index in [1.54, 1.807) is 25.2 Å². The Hall–Kier alpha value is -3.10. The van der Waals surface area contributed by atoms with E-state index >= 15 is 0 Å². The minimum absolute atomic E-state index is 0.0415. The summed E-state index contributed by atoms with van der Waals surface area (Å²) in [5.41, 5.74) is 0.639. The van der Waals surface area contributed by atoms with Crippen LogP contribution in [0.1, 0.15) is 44.9 Å². The summed E-state index contributed by atoms with van der Waals surface area (Å²) in [5.74, 6) is 1.56. The number of ether oxygens (including phenoxy) is 2. The van der Waals surface area contributed by atoms with E-state index in [1.807, 2.05) is 19.1 Å². The molecule has 1 aliphatic carbocycles. The van der Waals surface area contributed by atoms with Gasteiger partial charge in [-0.1, -0.05) is 31.0 Å². The largest absolute Gasteiger partial charge is 0.493 e. The number of urea groups is 1. The van der Waals surface area contributed by atoms with E-state index in [4.69, 9.17) is 14.0 Å². The Bertz CT molecular complexity index is 959. The first-order valence-electron chi connectivity index (χ1n) is 10.7. The molecule has 1 aliphatic heterocycles. The third kappa shape index (κ3) is 3.84. The molecule has 2 unspecified atom stereocenters. The molecule has 3 amide bonds. The number of carbonyl (C=O) groups excluding carboxylic acids is 2. The lowest BCUT2D eigenvalue weighted by atomic mass is 9.81. The van der Waals surface area contributed by atoms with Crippen molar-refractivity contribution in [2.24, 2.45) is 5.92 Å². The average Bonchev–Trinajstić information content (AvgIpc) is 3.27. The molecular weight excluding hydrogens is 400 g/mol. The molecule has 9 nitrogen and oxygen atoms in total. The number of amides is 3. The normalized spacial score (nSPS) is 21.3. The molecule has 2 atom stereocenters. The number of nitrogens with zero attached hydrogens (tertiary/aromatic N) is 4. The fraction of sp³-hybridized carbons (Fsp3) is 0.545. The van der Waals surface area contributed by atoms with Crippen molar-refractivity contribution in [3.8, 4) is 22.9 Å². The third-order valence-electron chi connectivity index (χ3n) is 6.05. The van der Waals surface area contributed by atoms with E-state index in [1.165, 1.54) is 4.90 Å². The van der Waals surface area contributed by atoms with Crippen molar-refractivity contribution in [1.82, 2.24) is 19.9 Å². The van der Waals surface area contributed by atoms with Gasteiger partial charge in [0, 0.05) is 12.6 Å². The Balaban J connectivity index is 1.61. The number of aromatic nitrogens is 2. The summed E-state index contributed by atoms with van der Waals surface area (Å²) in [4.78, 5) is 33.7. The Labute approximate surface area is 181 Å². The standard InChI is InChI=1S/C22H28N4O5/c1-4-12-25-21(27)14-8-5-6-10-16(14)26(22(25)28)13-18-23-20(24-31-18)15-9-7-11-17(29-2)19(15)30-3/h7,9,11,14,16H,4-6,8,10,12-13H2,1-3H3. The summed E-state index contributed by atoms with van der Waals surface area (Å²) < 4.78 is 16.3. The highest BCUT2D eigenvalue weighted by Crippen LogP contribution is 2.38. The van der Waals surface area contributed by atoms with Gasteiger partial charge in [0.05, 0.1) is 25.7 Å². The fourth-order valence-electron chi connectivity index (χ4n) is 4.62. The van der Waals surface area contributed by atoms with Crippen molar-refractivity contribution in [1.29, 1.82) is 0 Å². The van der Waals surface area contributed by atoms with E-state index in [0.717, 1.165) is 32.1 Å². The number of carbonyl (C=O) groups is 2. The van der Waals surface area contributed by atoms with Gasteiger partial charge in [-0.15, -0.1) is 0 Å². The quantitative estimate of drug-likeness (QED) is 0.666. The molecule has 2 aliphatic rings. The van der Waals surface area contributed by atoms with Gasteiger partial charge < -0.3 is 18.9 Å². The van der Waals surface area contributed by atoms with Gasteiger partial charge in [0.1, 0.15) is 6.54 Å². The molecule has 0 radical (unpaired) electrons. The predicted molar refractivity (Wildman–Crippen MR) is 112 cm³/mol. The minimum Gasteiger partial charge on any atom is -0.493 e. The second-order valence-electron chi connectivity index (χ2n) is 7.91. The highest BCUT2D eigenvalue weighted by atomic mass is 16.5. The van der Waals surface area contributed by atoms with E-state index in [9.17, 15) is 9.59 Å². The summed E-state index contributed by atoms with van der Waals surface area (Å²) >= 11 is 0. The Kier molecular flexibility index (Phi) is 6.11. The van der Waals surface area contributed by atoms with Crippen molar-refractivity contribution in [3.63, 3.8) is 0 Å². The molecule has 2 fully saturated rings. The second-order valence-corrected chi connectivity index (χ2v) is 7.91. The third-order valence-corrected chi connectivity index (χ3v) is 6.05. The number of hydrogen-bond acceptors (Lipinski definition) is 7. The molecule has 0 spiro atoms. The Morgan fingerprint density at radius 1 is 1.16 bits per heavy atom. The molecule has 0 bridgehead atoms. The lowest BCUT2D eigenvalue weighted by Gasteiger charge is -2.46. The first-order valence-corrected chi connectivity index (χ1v) is 10.7. The summed E-state index contributed by atoms with van der Waals surface area (Å²) in [6.45, 7) is 2.56. The SMILES string of the molecule is CCCN1C(=O)C2CCCCC2N(Cc2nc(-c3cccc(OC)c3OC)no2)C1=O. The van der Waals surface area contributed by atoms with E-state index in [0.29, 0.717) is 35.3 Å². The molecule has 1 saturated carbocycles. The van der Waals surface area contributed by atoms with Gasteiger partial charge >= 0.3 is 6.03 Å². The van der Waals surface area contributed by atoms with Crippen LogP contribution < -0.4 is 9.47 Å². The van der Waals surface area contributed by atoms with Gasteiger partial charge in [-0.2, -0.15) is 4.98 Å². The summed E-state index contributed by atoms with van der Waals surface area (Å²) in [6, 6.07) is 5.04. The minimum atomic E-state index is -0.270. The van der Waals surface area contributed by atoms with Crippen LogP contribution in [0.5, 0.6) is 11.5 Å². The van der Waals surface area contributed by atoms with Crippen LogP contribution in [0.2, 0.25) is 0 Å². The van der Waals surface area contributed by atoms with Gasteiger partial charge in [0.25, 0.3) is 0 Å². The summed E-state index contributed by atoms with van der Waals surface area (Å²) in [5, 5.41) is 4.10. The molecule has 2 aromatic rings. The van der Waals surface area contributed by atoms with Crippen LogP contribution in [0, 0.1) is 5.92 Å². The van der Waals surface area contributed by atoms with Crippen LogP contribution in [0.15, 0.2) is 22.7 Å². The highest BCUT2D eigenvalue weighted by molar-refractivity contribution is 5.98. The smallest absolute Gasteiger partial charge is 0.327 e. The molecule has 1 aromatic heterocycles. The second kappa shape index (κ2) is 8.95. The molecule has 2 heterocycles. The van der Waals surface area contributed by atoms with Crippen molar-refractivity contribution >= 4 is 11.9 Å².